The molecule has 140 valence electrons. The molecule has 3 rings (SSSR count). The van der Waals surface area contributed by atoms with E-state index in [1.807, 2.05) is 41.1 Å². The van der Waals surface area contributed by atoms with Gasteiger partial charge in [0, 0.05) is 22.2 Å². The summed E-state index contributed by atoms with van der Waals surface area (Å²) in [4.78, 5) is 0. The van der Waals surface area contributed by atoms with Gasteiger partial charge in [-0.1, -0.05) is 58.9 Å². The fourth-order valence-electron chi connectivity index (χ4n) is 2.50. The number of benzene rings is 2. The van der Waals surface area contributed by atoms with Crippen molar-refractivity contribution >= 4 is 33.9 Å². The van der Waals surface area contributed by atoms with Gasteiger partial charge in [-0.15, -0.1) is 10.2 Å². The van der Waals surface area contributed by atoms with Crippen molar-refractivity contribution in [2.45, 2.75) is 30.7 Å². The maximum absolute atomic E-state index is 5.40. The van der Waals surface area contributed by atoms with Crippen LogP contribution in [-0.4, -0.2) is 28.2 Å². The fourth-order valence-corrected chi connectivity index (χ4v) is 3.63. The minimum atomic E-state index is 0.785. The van der Waals surface area contributed by atoms with Gasteiger partial charge in [-0.3, -0.25) is 0 Å². The molecule has 0 amide bonds. The molecule has 0 bridgehead atoms. The highest BCUT2D eigenvalue weighted by atomic mass is 79.9. The third kappa shape index (κ3) is 5.20. The molecule has 2 aromatic carbocycles. The zero-order valence-electron chi connectivity index (χ0n) is 15.3. The van der Waals surface area contributed by atoms with E-state index >= 15 is 0 Å². The van der Waals surface area contributed by atoms with Crippen LogP contribution >= 0.6 is 27.7 Å². The molecule has 5 nitrogen and oxygen atoms in total. The Hall–Kier alpha value is -2.12. The van der Waals surface area contributed by atoms with Crippen LogP contribution in [0.3, 0.4) is 0 Å². The van der Waals surface area contributed by atoms with E-state index in [9.17, 15) is 0 Å². The van der Waals surface area contributed by atoms with Crippen molar-refractivity contribution < 1.29 is 4.74 Å². The molecule has 0 saturated heterocycles. The van der Waals surface area contributed by atoms with Gasteiger partial charge in [0.2, 0.25) is 5.16 Å². The Labute approximate surface area is 172 Å². The molecule has 1 heterocycles. The van der Waals surface area contributed by atoms with Crippen LogP contribution < -0.4 is 4.74 Å². The maximum atomic E-state index is 5.40. The Morgan fingerprint density at radius 2 is 1.93 bits per heavy atom. The second-order valence-corrected chi connectivity index (χ2v) is 7.72. The monoisotopic (exact) mass is 444 g/mol. The van der Waals surface area contributed by atoms with Gasteiger partial charge in [-0.2, -0.15) is 9.78 Å². The Bertz CT molecular complexity index is 909. The molecule has 3 aromatic rings. The molecule has 27 heavy (non-hydrogen) atoms. The quantitative estimate of drug-likeness (QED) is 0.354. The number of methoxy groups -OCH3 is 1. The normalized spacial score (nSPS) is 11.2. The third-order valence-corrected chi connectivity index (χ3v) is 5.40. The van der Waals surface area contributed by atoms with Gasteiger partial charge >= 0.3 is 0 Å². The number of rotatable bonds is 8. The SMILES string of the molecule is CCCc1nnc(SCc2ccc(Br)cc2)n1/N=C/c1ccccc1OC. The first-order chi connectivity index (χ1) is 13.2. The first-order valence-electron chi connectivity index (χ1n) is 8.70. The second kappa shape index (κ2) is 9.71. The summed E-state index contributed by atoms with van der Waals surface area (Å²) in [5, 5.41) is 14.1. The molecule has 0 aliphatic rings. The third-order valence-electron chi connectivity index (χ3n) is 3.88. The number of para-hydroxylation sites is 1. The van der Waals surface area contributed by atoms with E-state index in [1.165, 1.54) is 5.56 Å². The topological polar surface area (TPSA) is 52.3 Å². The molecule has 0 unspecified atom stereocenters. The van der Waals surface area contributed by atoms with E-state index in [4.69, 9.17) is 4.74 Å². The van der Waals surface area contributed by atoms with Crippen LogP contribution in [0, 0.1) is 0 Å². The van der Waals surface area contributed by atoms with E-state index < -0.39 is 0 Å². The highest BCUT2D eigenvalue weighted by molar-refractivity contribution is 9.10. The molecule has 0 saturated carbocycles. The Morgan fingerprint density at radius 3 is 2.67 bits per heavy atom. The van der Waals surface area contributed by atoms with E-state index in [2.05, 4.69) is 50.3 Å². The van der Waals surface area contributed by atoms with Crippen LogP contribution in [0.1, 0.15) is 30.3 Å². The molecule has 0 radical (unpaired) electrons. The predicted molar refractivity (Wildman–Crippen MR) is 114 cm³/mol. The van der Waals surface area contributed by atoms with Crippen molar-refractivity contribution in [3.8, 4) is 5.75 Å². The number of aromatic nitrogens is 3. The summed E-state index contributed by atoms with van der Waals surface area (Å²) < 4.78 is 8.31. The van der Waals surface area contributed by atoms with Crippen LogP contribution in [0.5, 0.6) is 5.75 Å². The smallest absolute Gasteiger partial charge is 0.212 e. The van der Waals surface area contributed by atoms with Crippen LogP contribution in [0.4, 0.5) is 0 Å². The number of ether oxygens (including phenoxy) is 1. The molecule has 0 aliphatic heterocycles. The summed E-state index contributed by atoms with van der Waals surface area (Å²) in [5.41, 5.74) is 2.14. The largest absolute Gasteiger partial charge is 0.496 e. The van der Waals surface area contributed by atoms with Crippen LogP contribution in [0.15, 0.2) is 63.3 Å². The summed E-state index contributed by atoms with van der Waals surface area (Å²) in [5.74, 6) is 2.46. The fraction of sp³-hybridized carbons (Fsp3) is 0.250. The molecule has 1 aromatic heterocycles. The minimum absolute atomic E-state index is 0.785. The average molecular weight is 445 g/mol. The Kier molecular flexibility index (Phi) is 7.06. The van der Waals surface area contributed by atoms with Crippen molar-refractivity contribution in [3.63, 3.8) is 0 Å². The lowest BCUT2D eigenvalue weighted by Gasteiger charge is -2.06. The Balaban J connectivity index is 1.82. The number of nitrogens with zero attached hydrogens (tertiary/aromatic N) is 4. The highest BCUT2D eigenvalue weighted by Crippen LogP contribution is 2.24. The number of hydrogen-bond acceptors (Lipinski definition) is 5. The average Bonchev–Trinajstić information content (AvgIpc) is 3.08. The number of hydrogen-bond donors (Lipinski definition) is 0. The van der Waals surface area contributed by atoms with E-state index in [0.29, 0.717) is 0 Å². The lowest BCUT2D eigenvalue weighted by molar-refractivity contribution is 0.414. The molecule has 0 aliphatic carbocycles. The number of halogens is 1. The molecule has 7 heteroatoms. The maximum Gasteiger partial charge on any atom is 0.212 e. The van der Waals surface area contributed by atoms with Crippen LogP contribution in [0.2, 0.25) is 0 Å². The van der Waals surface area contributed by atoms with Gasteiger partial charge < -0.3 is 4.74 Å². The molecular formula is C20H21BrN4OS. The van der Waals surface area contributed by atoms with Gasteiger partial charge in [0.05, 0.1) is 13.3 Å². The van der Waals surface area contributed by atoms with Crippen LogP contribution in [0.25, 0.3) is 0 Å². The zero-order valence-corrected chi connectivity index (χ0v) is 17.7. The van der Waals surface area contributed by atoms with E-state index in [0.717, 1.165) is 45.4 Å². The van der Waals surface area contributed by atoms with Crippen molar-refractivity contribution in [1.29, 1.82) is 0 Å². The van der Waals surface area contributed by atoms with E-state index in [-0.39, 0.29) is 0 Å². The summed E-state index contributed by atoms with van der Waals surface area (Å²) in [7, 11) is 1.66. The summed E-state index contributed by atoms with van der Waals surface area (Å²) >= 11 is 5.09. The standard InChI is InChI=1S/C20H21BrN4OS/c1-3-6-19-23-24-20(27-14-15-9-11-17(21)12-10-15)25(19)22-13-16-7-4-5-8-18(16)26-2/h4-5,7-13H,3,6,14H2,1-2H3/b22-13+. The summed E-state index contributed by atoms with van der Waals surface area (Å²) in [6.07, 6.45) is 3.61. The second-order valence-electron chi connectivity index (χ2n) is 5.86. The lowest BCUT2D eigenvalue weighted by atomic mass is 10.2. The highest BCUT2D eigenvalue weighted by Gasteiger charge is 2.12. The molecule has 0 N–H and O–H groups in total. The lowest BCUT2D eigenvalue weighted by Crippen LogP contribution is -2.01. The van der Waals surface area contributed by atoms with Gasteiger partial charge in [0.1, 0.15) is 5.75 Å². The minimum Gasteiger partial charge on any atom is -0.496 e. The summed E-state index contributed by atoms with van der Waals surface area (Å²) in [6.45, 7) is 2.12. The molecule has 0 fully saturated rings. The van der Waals surface area contributed by atoms with Gasteiger partial charge in [0.15, 0.2) is 5.82 Å². The number of thioether (sulfide) groups is 1. The number of aryl methyl sites for hydroxylation is 1. The zero-order chi connectivity index (χ0) is 19.1. The molecular weight excluding hydrogens is 424 g/mol. The first kappa shape index (κ1) is 19.6. The molecule has 0 atom stereocenters. The van der Waals surface area contributed by atoms with E-state index in [1.54, 1.807) is 25.1 Å². The first-order valence-corrected chi connectivity index (χ1v) is 10.5. The van der Waals surface area contributed by atoms with Crippen molar-refractivity contribution in [2.24, 2.45) is 5.10 Å². The van der Waals surface area contributed by atoms with Crippen molar-refractivity contribution in [3.05, 3.63) is 70.0 Å². The molecule has 0 spiro atoms. The van der Waals surface area contributed by atoms with Gasteiger partial charge in [0.25, 0.3) is 0 Å². The predicted octanol–water partition coefficient (Wildman–Crippen LogP) is 5.18. The Morgan fingerprint density at radius 1 is 1.15 bits per heavy atom. The summed E-state index contributed by atoms with van der Waals surface area (Å²) in [6, 6.07) is 16.1. The van der Waals surface area contributed by atoms with Crippen molar-refractivity contribution in [1.82, 2.24) is 14.9 Å². The van der Waals surface area contributed by atoms with Gasteiger partial charge in [-0.25, -0.2) is 0 Å². The van der Waals surface area contributed by atoms with Gasteiger partial charge in [-0.05, 0) is 36.2 Å². The van der Waals surface area contributed by atoms with Crippen molar-refractivity contribution in [2.75, 3.05) is 7.11 Å². The van der Waals surface area contributed by atoms with Crippen LogP contribution in [-0.2, 0) is 12.2 Å².